The topological polar surface area (TPSA) is 38.1 Å². The fourth-order valence-corrected chi connectivity index (χ4v) is 3.29. The van der Waals surface area contributed by atoms with Crippen LogP contribution < -0.4 is 5.32 Å². The van der Waals surface area contributed by atoms with Crippen LogP contribution in [0.25, 0.3) is 11.1 Å². The largest absolute Gasteiger partial charge is 0.441 e. The number of nitrogens with zero attached hydrogens (tertiary/aromatic N) is 1. The highest BCUT2D eigenvalue weighted by molar-refractivity contribution is 7.10. The van der Waals surface area contributed by atoms with Crippen molar-refractivity contribution in [2.45, 2.75) is 19.4 Å². The molecular formula is C15H16N2OS. The van der Waals surface area contributed by atoms with E-state index in [0.29, 0.717) is 0 Å². The van der Waals surface area contributed by atoms with Crippen LogP contribution in [0.3, 0.4) is 0 Å². The molecule has 0 bridgehead atoms. The normalized spacial score (nSPS) is 12.9. The average molecular weight is 272 g/mol. The Morgan fingerprint density at radius 2 is 2.16 bits per heavy atom. The van der Waals surface area contributed by atoms with Crippen molar-refractivity contribution in [2.75, 3.05) is 7.05 Å². The third kappa shape index (κ3) is 2.41. The Morgan fingerprint density at radius 1 is 1.32 bits per heavy atom. The molecular weight excluding hydrogens is 256 g/mol. The molecule has 0 fully saturated rings. The van der Waals surface area contributed by atoms with Crippen LogP contribution in [0.1, 0.15) is 22.4 Å². The van der Waals surface area contributed by atoms with E-state index < -0.39 is 0 Å². The van der Waals surface area contributed by atoms with Crippen molar-refractivity contribution in [2.24, 2.45) is 0 Å². The van der Waals surface area contributed by atoms with Crippen molar-refractivity contribution >= 4 is 22.4 Å². The number of benzene rings is 1. The number of aryl methyl sites for hydroxylation is 1. The van der Waals surface area contributed by atoms with Crippen molar-refractivity contribution in [3.63, 3.8) is 0 Å². The van der Waals surface area contributed by atoms with Gasteiger partial charge in [-0.1, -0.05) is 12.1 Å². The molecule has 0 saturated heterocycles. The van der Waals surface area contributed by atoms with Crippen molar-refractivity contribution < 1.29 is 4.42 Å². The van der Waals surface area contributed by atoms with Gasteiger partial charge in [0.15, 0.2) is 11.5 Å². The van der Waals surface area contributed by atoms with Crippen LogP contribution in [-0.2, 0) is 6.42 Å². The van der Waals surface area contributed by atoms with E-state index in [-0.39, 0.29) is 6.04 Å². The van der Waals surface area contributed by atoms with E-state index >= 15 is 0 Å². The second kappa shape index (κ2) is 5.15. The van der Waals surface area contributed by atoms with Gasteiger partial charge in [-0.15, -0.1) is 11.3 Å². The smallest absolute Gasteiger partial charge is 0.197 e. The summed E-state index contributed by atoms with van der Waals surface area (Å²) in [5, 5.41) is 5.47. The lowest BCUT2D eigenvalue weighted by Gasteiger charge is -2.13. The summed E-state index contributed by atoms with van der Waals surface area (Å²) in [6.07, 6.45) is 0.770. The first-order valence-electron chi connectivity index (χ1n) is 6.33. The highest BCUT2D eigenvalue weighted by atomic mass is 32.1. The molecule has 0 aliphatic carbocycles. The zero-order chi connectivity index (χ0) is 13.2. The average Bonchev–Trinajstić information content (AvgIpc) is 3.01. The minimum absolute atomic E-state index is 0.257. The lowest BCUT2D eigenvalue weighted by molar-refractivity contribution is 0.476. The molecule has 0 saturated carbocycles. The monoisotopic (exact) mass is 272 g/mol. The number of oxazole rings is 1. The molecule has 2 aromatic heterocycles. The number of hydrogen-bond acceptors (Lipinski definition) is 4. The lowest BCUT2D eigenvalue weighted by Crippen LogP contribution is -2.18. The van der Waals surface area contributed by atoms with Crippen LogP contribution in [0.4, 0.5) is 0 Å². The Hall–Kier alpha value is -1.65. The Bertz CT molecular complexity index is 653. The van der Waals surface area contributed by atoms with E-state index in [1.165, 1.54) is 10.4 Å². The number of hydrogen-bond donors (Lipinski definition) is 1. The Kier molecular flexibility index (Phi) is 3.36. The van der Waals surface area contributed by atoms with Crippen molar-refractivity contribution in [3.8, 4) is 0 Å². The number of likely N-dealkylation sites (N-methyl/N-ethyl adjacent to an activating group) is 1. The lowest BCUT2D eigenvalue weighted by atomic mass is 10.1. The highest BCUT2D eigenvalue weighted by Crippen LogP contribution is 2.27. The van der Waals surface area contributed by atoms with Crippen molar-refractivity contribution in [1.29, 1.82) is 0 Å². The van der Waals surface area contributed by atoms with Gasteiger partial charge in [-0.25, -0.2) is 4.98 Å². The van der Waals surface area contributed by atoms with E-state index in [1.54, 1.807) is 11.3 Å². The summed E-state index contributed by atoms with van der Waals surface area (Å²) in [5.41, 5.74) is 3.10. The molecule has 0 amide bonds. The molecule has 2 heterocycles. The molecule has 19 heavy (non-hydrogen) atoms. The van der Waals surface area contributed by atoms with Gasteiger partial charge < -0.3 is 9.73 Å². The van der Waals surface area contributed by atoms with E-state index in [2.05, 4.69) is 28.7 Å². The number of thiophene rings is 1. The van der Waals surface area contributed by atoms with Gasteiger partial charge in [-0.2, -0.15) is 0 Å². The Labute approximate surface area is 116 Å². The van der Waals surface area contributed by atoms with Gasteiger partial charge in [0.25, 0.3) is 0 Å². The number of para-hydroxylation sites is 2. The molecule has 1 atom stereocenters. The van der Waals surface area contributed by atoms with Gasteiger partial charge in [0, 0.05) is 11.3 Å². The van der Waals surface area contributed by atoms with E-state index in [4.69, 9.17) is 4.42 Å². The number of aromatic nitrogens is 1. The fraction of sp³-hybridized carbons (Fsp3) is 0.267. The van der Waals surface area contributed by atoms with Gasteiger partial charge in [-0.05, 0) is 43.1 Å². The highest BCUT2D eigenvalue weighted by Gasteiger charge is 2.17. The molecule has 3 rings (SSSR count). The number of rotatable bonds is 4. The number of fused-ring (bicyclic) bond motifs is 1. The first kappa shape index (κ1) is 12.4. The maximum atomic E-state index is 5.79. The summed E-state index contributed by atoms with van der Waals surface area (Å²) in [6.45, 7) is 2.14. The molecule has 0 aliphatic heterocycles. The molecule has 1 aromatic carbocycles. The van der Waals surface area contributed by atoms with Crippen molar-refractivity contribution in [1.82, 2.24) is 10.3 Å². The third-order valence-corrected chi connectivity index (χ3v) is 4.42. The van der Waals surface area contributed by atoms with Crippen LogP contribution in [-0.4, -0.2) is 12.0 Å². The summed E-state index contributed by atoms with van der Waals surface area (Å²) in [7, 11) is 1.98. The maximum Gasteiger partial charge on any atom is 0.197 e. The summed E-state index contributed by atoms with van der Waals surface area (Å²) >= 11 is 1.78. The van der Waals surface area contributed by atoms with Gasteiger partial charge >= 0.3 is 0 Å². The number of nitrogens with one attached hydrogen (secondary N) is 1. The van der Waals surface area contributed by atoms with Crippen LogP contribution in [0.15, 0.2) is 40.1 Å². The van der Waals surface area contributed by atoms with E-state index in [9.17, 15) is 0 Å². The van der Waals surface area contributed by atoms with Gasteiger partial charge in [0.05, 0.1) is 6.04 Å². The second-order valence-electron chi connectivity index (χ2n) is 4.59. The molecule has 1 N–H and O–H groups in total. The maximum absolute atomic E-state index is 5.79. The first-order valence-corrected chi connectivity index (χ1v) is 7.21. The zero-order valence-corrected chi connectivity index (χ0v) is 11.8. The quantitative estimate of drug-likeness (QED) is 0.787. The SMILES string of the molecule is CNC(Cc1nc2ccccc2o1)c1sccc1C. The standard InChI is InChI=1S/C15H16N2OS/c1-10-7-8-19-15(10)12(16-2)9-14-17-11-5-3-4-6-13(11)18-14/h3-8,12,16H,9H2,1-2H3. The first-order chi connectivity index (χ1) is 9.28. The molecule has 3 nitrogen and oxygen atoms in total. The molecule has 0 radical (unpaired) electrons. The van der Waals surface area contributed by atoms with Gasteiger partial charge in [0.1, 0.15) is 5.52 Å². The second-order valence-corrected chi connectivity index (χ2v) is 5.54. The van der Waals surface area contributed by atoms with Crippen LogP contribution in [0.2, 0.25) is 0 Å². The predicted molar refractivity (Wildman–Crippen MR) is 78.6 cm³/mol. The minimum Gasteiger partial charge on any atom is -0.441 e. The summed E-state index contributed by atoms with van der Waals surface area (Å²) in [5.74, 6) is 0.786. The van der Waals surface area contributed by atoms with E-state index in [1.807, 2.05) is 31.3 Å². The summed E-state index contributed by atoms with van der Waals surface area (Å²) < 4.78 is 5.79. The van der Waals surface area contributed by atoms with Gasteiger partial charge in [-0.3, -0.25) is 0 Å². The molecule has 98 valence electrons. The third-order valence-electron chi connectivity index (χ3n) is 3.28. The molecule has 0 spiro atoms. The van der Waals surface area contributed by atoms with Crippen LogP contribution in [0.5, 0.6) is 0 Å². The summed E-state index contributed by atoms with van der Waals surface area (Å²) in [4.78, 5) is 5.89. The van der Waals surface area contributed by atoms with Crippen molar-refractivity contribution in [3.05, 3.63) is 52.0 Å². The van der Waals surface area contributed by atoms with Gasteiger partial charge in [0.2, 0.25) is 0 Å². The Balaban J connectivity index is 1.88. The predicted octanol–water partition coefficient (Wildman–Crippen LogP) is 3.70. The van der Waals surface area contributed by atoms with Crippen LogP contribution in [0, 0.1) is 6.92 Å². The zero-order valence-electron chi connectivity index (χ0n) is 11.0. The fourth-order valence-electron chi connectivity index (χ4n) is 2.25. The summed E-state index contributed by atoms with van der Waals surface area (Å²) in [6, 6.07) is 10.3. The molecule has 4 heteroatoms. The Morgan fingerprint density at radius 3 is 2.84 bits per heavy atom. The molecule has 3 aromatic rings. The molecule has 0 aliphatic rings. The molecule has 1 unspecified atom stereocenters. The van der Waals surface area contributed by atoms with Crippen LogP contribution >= 0.6 is 11.3 Å². The van der Waals surface area contributed by atoms with E-state index in [0.717, 1.165) is 23.4 Å². The minimum atomic E-state index is 0.257.